The highest BCUT2D eigenvalue weighted by atomic mass is 16.7. The van der Waals surface area contributed by atoms with Gasteiger partial charge in [0.2, 0.25) is 12.3 Å². The van der Waals surface area contributed by atoms with E-state index in [1.807, 2.05) is 13.8 Å². The predicted molar refractivity (Wildman–Crippen MR) is 156 cm³/mol. The number of hydroxylamine groups is 2. The van der Waals surface area contributed by atoms with Crippen molar-refractivity contribution >= 4 is 24.2 Å². The number of carbonyl (C=O) groups excluding carboxylic acids is 3. The Morgan fingerprint density at radius 1 is 1.00 bits per heavy atom. The van der Waals surface area contributed by atoms with Crippen molar-refractivity contribution in [2.75, 3.05) is 13.3 Å². The quantitative estimate of drug-likeness (QED) is 0.0903. The number of carbonyl (C=O) groups is 4. The molecule has 226 valence electrons. The first-order chi connectivity index (χ1) is 19.6. The van der Waals surface area contributed by atoms with Crippen molar-refractivity contribution in [3.05, 3.63) is 47.7 Å². The number of hydrogen-bond acceptors (Lipinski definition) is 6. The van der Waals surface area contributed by atoms with Crippen LogP contribution in [0.25, 0.3) is 11.3 Å². The maximum Gasteiger partial charge on any atom is 0.313 e. The lowest BCUT2D eigenvalue weighted by Crippen LogP contribution is -2.48. The molecule has 0 spiro atoms. The van der Waals surface area contributed by atoms with Gasteiger partial charge in [0.05, 0.1) is 30.7 Å². The Morgan fingerprint density at radius 2 is 1.68 bits per heavy atom. The second kappa shape index (κ2) is 16.6. The largest absolute Gasteiger partial charge is 0.481 e. The van der Waals surface area contributed by atoms with Gasteiger partial charge in [-0.05, 0) is 50.8 Å². The smallest absolute Gasteiger partial charge is 0.313 e. The number of unbranched alkanes of at least 4 members (excludes halogenated alkanes) is 3. The van der Waals surface area contributed by atoms with Crippen LogP contribution < -0.4 is 10.6 Å². The average Bonchev–Trinajstić information content (AvgIpc) is 3.46. The summed E-state index contributed by atoms with van der Waals surface area (Å²) in [6, 6.07) is 9.73. The summed E-state index contributed by atoms with van der Waals surface area (Å²) in [5, 5.41) is 16.1. The van der Waals surface area contributed by atoms with Crippen LogP contribution in [0.2, 0.25) is 0 Å². The summed E-state index contributed by atoms with van der Waals surface area (Å²) in [6.45, 7) is 9.60. The zero-order valence-electron chi connectivity index (χ0n) is 24.9. The first kappa shape index (κ1) is 33.5. The van der Waals surface area contributed by atoms with Crippen LogP contribution in [0.5, 0.6) is 0 Å². The lowest BCUT2D eigenvalue weighted by atomic mass is 9.84. The summed E-state index contributed by atoms with van der Waals surface area (Å²) in [6.07, 6.45) is 6.32. The molecule has 1 heterocycles. The van der Waals surface area contributed by atoms with Gasteiger partial charge in [-0.1, -0.05) is 70.7 Å². The van der Waals surface area contributed by atoms with E-state index >= 15 is 0 Å². The number of amides is 3. The van der Waals surface area contributed by atoms with Gasteiger partial charge in [-0.2, -0.15) is 0 Å². The fourth-order valence-electron chi connectivity index (χ4n) is 4.49. The van der Waals surface area contributed by atoms with Crippen LogP contribution in [-0.4, -0.2) is 53.7 Å². The lowest BCUT2D eigenvalue weighted by molar-refractivity contribution is -0.195. The molecule has 0 fully saturated rings. The van der Waals surface area contributed by atoms with Crippen molar-refractivity contribution < 1.29 is 33.5 Å². The van der Waals surface area contributed by atoms with Crippen molar-refractivity contribution in [1.82, 2.24) is 15.7 Å². The molecule has 0 radical (unpaired) electrons. The minimum atomic E-state index is -1.03. The Hall–Kier alpha value is -3.66. The van der Waals surface area contributed by atoms with E-state index in [0.717, 1.165) is 32.1 Å². The number of nitrogens with zero attached hydrogens (tertiary/aromatic N) is 1. The molecule has 3 amide bonds. The third kappa shape index (κ3) is 9.45. The maximum absolute atomic E-state index is 13.2. The molecule has 41 heavy (non-hydrogen) atoms. The number of carboxylic acids is 1. The third-order valence-electron chi connectivity index (χ3n) is 7.27. The Morgan fingerprint density at radius 3 is 2.27 bits per heavy atom. The molecule has 0 bridgehead atoms. The molecule has 0 aliphatic heterocycles. The normalized spacial score (nSPS) is 12.8. The first-order valence-corrected chi connectivity index (χ1v) is 14.5. The van der Waals surface area contributed by atoms with Crippen LogP contribution in [0, 0.1) is 5.92 Å². The number of nitrogens with one attached hydrogen (secondary N) is 2. The fourth-order valence-corrected chi connectivity index (χ4v) is 4.49. The topological polar surface area (TPSA) is 138 Å². The minimum Gasteiger partial charge on any atom is -0.481 e. The van der Waals surface area contributed by atoms with Crippen molar-refractivity contribution in [3.63, 3.8) is 0 Å². The van der Waals surface area contributed by atoms with Crippen LogP contribution >= 0.6 is 0 Å². The molecule has 2 aromatic rings. The Balaban J connectivity index is 2.02. The van der Waals surface area contributed by atoms with Crippen molar-refractivity contribution in [2.45, 2.75) is 91.0 Å². The second-order valence-corrected chi connectivity index (χ2v) is 10.6. The maximum atomic E-state index is 13.2. The van der Waals surface area contributed by atoms with Gasteiger partial charge >= 0.3 is 5.97 Å². The molecule has 0 aliphatic carbocycles. The highest BCUT2D eigenvalue weighted by Crippen LogP contribution is 2.28. The van der Waals surface area contributed by atoms with Gasteiger partial charge in [0.25, 0.3) is 5.91 Å². The summed E-state index contributed by atoms with van der Waals surface area (Å²) in [4.78, 5) is 54.9. The molecule has 2 atom stereocenters. The van der Waals surface area contributed by atoms with E-state index in [0.29, 0.717) is 42.7 Å². The highest BCUT2D eigenvalue weighted by Gasteiger charge is 2.32. The van der Waals surface area contributed by atoms with E-state index in [-0.39, 0.29) is 18.3 Å². The van der Waals surface area contributed by atoms with Crippen molar-refractivity contribution in [2.24, 2.45) is 5.92 Å². The molecular formula is C31H45N3O7. The Labute approximate surface area is 242 Å². The summed E-state index contributed by atoms with van der Waals surface area (Å²) in [5.41, 5.74) is 0.316. The lowest BCUT2D eigenvalue weighted by Gasteiger charge is -2.32. The van der Waals surface area contributed by atoms with E-state index in [1.165, 1.54) is 11.1 Å². The summed E-state index contributed by atoms with van der Waals surface area (Å²) >= 11 is 0. The van der Waals surface area contributed by atoms with Crippen LogP contribution in [0.3, 0.4) is 0 Å². The summed E-state index contributed by atoms with van der Waals surface area (Å²) in [5.74, 6) is -1.63. The third-order valence-corrected chi connectivity index (χ3v) is 7.27. The number of aliphatic carboxylic acids is 1. The molecule has 0 aliphatic rings. The molecule has 3 N–H and O–H groups in total. The van der Waals surface area contributed by atoms with Crippen LogP contribution in [0.15, 0.2) is 40.8 Å². The summed E-state index contributed by atoms with van der Waals surface area (Å²) < 4.78 is 5.72. The van der Waals surface area contributed by atoms with E-state index in [2.05, 4.69) is 17.6 Å². The number of furan rings is 1. The van der Waals surface area contributed by atoms with Crippen LogP contribution in [-0.2, 0) is 24.6 Å². The molecule has 0 saturated carbocycles. The second-order valence-electron chi connectivity index (χ2n) is 10.6. The first-order valence-electron chi connectivity index (χ1n) is 14.5. The highest BCUT2D eigenvalue weighted by molar-refractivity contribution is 5.92. The molecule has 0 saturated heterocycles. The van der Waals surface area contributed by atoms with E-state index < -0.39 is 29.3 Å². The van der Waals surface area contributed by atoms with Gasteiger partial charge in [0.1, 0.15) is 5.76 Å². The van der Waals surface area contributed by atoms with Gasteiger partial charge in [0.15, 0.2) is 5.76 Å². The van der Waals surface area contributed by atoms with E-state index in [4.69, 9.17) is 9.25 Å². The van der Waals surface area contributed by atoms with Gasteiger partial charge in [-0.25, -0.2) is 5.06 Å². The molecular weight excluding hydrogens is 526 g/mol. The van der Waals surface area contributed by atoms with E-state index in [1.54, 1.807) is 44.2 Å². The number of carboxylic acid groups (broad SMARTS) is 1. The number of benzene rings is 1. The molecule has 10 heteroatoms. The summed E-state index contributed by atoms with van der Waals surface area (Å²) in [7, 11) is 0. The zero-order valence-corrected chi connectivity index (χ0v) is 24.9. The zero-order chi connectivity index (χ0) is 30.4. The Bertz CT molecular complexity index is 1130. The average molecular weight is 572 g/mol. The molecule has 1 aromatic heterocycles. The van der Waals surface area contributed by atoms with Crippen LogP contribution in [0.1, 0.15) is 95.7 Å². The van der Waals surface area contributed by atoms with Gasteiger partial charge < -0.3 is 20.2 Å². The van der Waals surface area contributed by atoms with Gasteiger partial charge in [-0.15, -0.1) is 0 Å². The minimum absolute atomic E-state index is 0.0755. The fraction of sp³-hybridized carbons (Fsp3) is 0.548. The van der Waals surface area contributed by atoms with Crippen LogP contribution in [0.4, 0.5) is 0 Å². The Kier molecular flexibility index (Phi) is 13.6. The number of rotatable bonds is 19. The van der Waals surface area contributed by atoms with Crippen molar-refractivity contribution in [1.29, 1.82) is 0 Å². The molecule has 1 aromatic carbocycles. The SMILES string of the molecule is CCCCC[C@@H](C(=O)NCNC(=O)c1ccc(-c2ccc(C(C)(C)C(=O)O)cc2)o1)[C@@H](CC)N(C=O)OCCCC. The standard InChI is InChI=1S/C31H45N3O7/c1-6-9-11-12-24(25(8-3)34(21-35)40-19-10-7-2)28(36)32-20-33-29(37)27-18-17-26(41-27)22-13-15-23(16-14-22)31(4,5)30(38)39/h13-18,21,24-25H,6-12,19-20H2,1-5H3,(H,32,36)(H,33,37)(H,38,39)/t24-,25-/m1/s1. The predicted octanol–water partition coefficient (Wildman–Crippen LogP) is 5.28. The van der Waals surface area contributed by atoms with E-state index in [9.17, 15) is 24.3 Å². The van der Waals surface area contributed by atoms with Crippen molar-refractivity contribution in [3.8, 4) is 11.3 Å². The number of hydrogen-bond donors (Lipinski definition) is 3. The van der Waals surface area contributed by atoms with Gasteiger partial charge in [0, 0.05) is 5.56 Å². The monoisotopic (exact) mass is 571 g/mol. The molecule has 10 nitrogen and oxygen atoms in total. The molecule has 0 unspecified atom stereocenters. The molecule has 2 rings (SSSR count). The van der Waals surface area contributed by atoms with Gasteiger partial charge in [-0.3, -0.25) is 24.0 Å².